The van der Waals surface area contributed by atoms with Gasteiger partial charge in [0.05, 0.1) is 6.61 Å². The first kappa shape index (κ1) is 27.1. The van der Waals surface area contributed by atoms with Crippen molar-refractivity contribution in [3.8, 4) is 0 Å². The quantitative estimate of drug-likeness (QED) is 0.109. The summed E-state index contributed by atoms with van der Waals surface area (Å²) in [4.78, 5) is 48.3. The molecule has 0 aromatic heterocycles. The van der Waals surface area contributed by atoms with Gasteiger partial charge in [0.1, 0.15) is 24.2 Å². The Morgan fingerprint density at radius 1 is 0.966 bits per heavy atom. The van der Waals surface area contributed by atoms with Crippen LogP contribution in [0.4, 0.5) is 0 Å². The lowest BCUT2D eigenvalue weighted by atomic mass is 10.0. The SMILES string of the molecule is CC(C)C(NC(=O)C(CCCCN)NC(=O)C(CS)NC(=O)C(N)CO)C(=O)O. The van der Waals surface area contributed by atoms with E-state index in [0.717, 1.165) is 0 Å². The number of nitrogens with two attached hydrogens (primary N) is 2. The lowest BCUT2D eigenvalue weighted by Crippen LogP contribution is -2.58. The number of aliphatic hydroxyl groups is 1. The van der Waals surface area contributed by atoms with E-state index >= 15 is 0 Å². The molecule has 0 aromatic rings. The molecule has 0 saturated carbocycles. The first-order valence-corrected chi connectivity index (χ1v) is 10.0. The van der Waals surface area contributed by atoms with Crippen molar-refractivity contribution in [2.45, 2.75) is 57.3 Å². The maximum Gasteiger partial charge on any atom is 0.326 e. The molecule has 11 nitrogen and oxygen atoms in total. The molecular formula is C17H33N5O6S. The number of rotatable bonds is 14. The molecule has 0 fully saturated rings. The van der Waals surface area contributed by atoms with Crippen LogP contribution in [0.5, 0.6) is 0 Å². The average Bonchev–Trinajstić information content (AvgIpc) is 2.67. The lowest BCUT2D eigenvalue weighted by Gasteiger charge is -2.25. The molecular weight excluding hydrogens is 402 g/mol. The molecule has 29 heavy (non-hydrogen) atoms. The zero-order valence-corrected chi connectivity index (χ0v) is 17.7. The summed E-state index contributed by atoms with van der Waals surface area (Å²) >= 11 is 4.02. The molecule has 4 unspecified atom stereocenters. The van der Waals surface area contributed by atoms with E-state index in [2.05, 4.69) is 28.6 Å². The predicted octanol–water partition coefficient (Wildman–Crippen LogP) is -2.44. The summed E-state index contributed by atoms with van der Waals surface area (Å²) in [7, 11) is 0. The molecule has 0 aromatic carbocycles. The van der Waals surface area contributed by atoms with Crippen LogP contribution in [0.1, 0.15) is 33.1 Å². The first-order valence-electron chi connectivity index (χ1n) is 9.40. The van der Waals surface area contributed by atoms with E-state index in [4.69, 9.17) is 16.6 Å². The van der Waals surface area contributed by atoms with Crippen molar-refractivity contribution in [3.05, 3.63) is 0 Å². The molecule has 12 heteroatoms. The lowest BCUT2D eigenvalue weighted by molar-refractivity contribution is -0.143. The van der Waals surface area contributed by atoms with Gasteiger partial charge in [0, 0.05) is 5.75 Å². The molecule has 0 aliphatic carbocycles. The number of nitrogens with one attached hydrogen (secondary N) is 3. The highest BCUT2D eigenvalue weighted by Crippen LogP contribution is 2.06. The monoisotopic (exact) mass is 435 g/mol. The molecule has 168 valence electrons. The minimum Gasteiger partial charge on any atom is -0.480 e. The molecule has 9 N–H and O–H groups in total. The molecule has 0 rings (SSSR count). The Hall–Kier alpha value is -1.89. The number of unbranched alkanes of at least 4 members (excludes halogenated alkanes) is 1. The summed E-state index contributed by atoms with van der Waals surface area (Å²) < 4.78 is 0. The summed E-state index contributed by atoms with van der Waals surface area (Å²) in [6, 6.07) is -4.41. The largest absolute Gasteiger partial charge is 0.480 e. The van der Waals surface area contributed by atoms with Gasteiger partial charge in [-0.05, 0) is 31.7 Å². The topological polar surface area (TPSA) is 197 Å². The van der Waals surface area contributed by atoms with Gasteiger partial charge in [0.15, 0.2) is 0 Å². The van der Waals surface area contributed by atoms with Gasteiger partial charge >= 0.3 is 5.97 Å². The molecule has 0 radical (unpaired) electrons. The fourth-order valence-corrected chi connectivity index (χ4v) is 2.61. The van der Waals surface area contributed by atoms with Gasteiger partial charge in [-0.1, -0.05) is 13.8 Å². The molecule has 0 saturated heterocycles. The second-order valence-corrected chi connectivity index (χ2v) is 7.31. The van der Waals surface area contributed by atoms with Crippen molar-refractivity contribution in [2.24, 2.45) is 17.4 Å². The Balaban J connectivity index is 5.23. The van der Waals surface area contributed by atoms with Crippen molar-refractivity contribution >= 4 is 36.3 Å². The minimum atomic E-state index is -1.20. The van der Waals surface area contributed by atoms with Crippen molar-refractivity contribution in [2.75, 3.05) is 18.9 Å². The molecule has 0 spiro atoms. The highest BCUT2D eigenvalue weighted by atomic mass is 32.1. The number of carboxylic acids is 1. The van der Waals surface area contributed by atoms with E-state index in [0.29, 0.717) is 19.4 Å². The number of carbonyl (C=O) groups is 4. The van der Waals surface area contributed by atoms with E-state index in [-0.39, 0.29) is 18.1 Å². The summed E-state index contributed by atoms with van der Waals surface area (Å²) in [6.45, 7) is 3.11. The van der Waals surface area contributed by atoms with Crippen LogP contribution in [0.2, 0.25) is 0 Å². The van der Waals surface area contributed by atoms with E-state index < -0.39 is 54.5 Å². The Bertz CT molecular complexity index is 562. The first-order chi connectivity index (χ1) is 13.6. The van der Waals surface area contributed by atoms with Gasteiger partial charge in [-0.3, -0.25) is 14.4 Å². The molecule has 3 amide bonds. The van der Waals surface area contributed by atoms with Crippen LogP contribution in [0.25, 0.3) is 0 Å². The number of aliphatic hydroxyl groups excluding tert-OH is 1. The Kier molecular flexibility index (Phi) is 13.2. The summed E-state index contributed by atoms with van der Waals surface area (Å²) in [5.41, 5.74) is 10.9. The Morgan fingerprint density at radius 3 is 1.97 bits per heavy atom. The van der Waals surface area contributed by atoms with E-state index in [1.165, 1.54) is 0 Å². The van der Waals surface area contributed by atoms with Gasteiger partial charge in [0.2, 0.25) is 17.7 Å². The van der Waals surface area contributed by atoms with E-state index in [1.54, 1.807) is 13.8 Å². The Labute approximate surface area is 175 Å². The van der Waals surface area contributed by atoms with Crippen LogP contribution >= 0.6 is 12.6 Å². The predicted molar refractivity (Wildman–Crippen MR) is 110 cm³/mol. The van der Waals surface area contributed by atoms with Crippen LogP contribution < -0.4 is 27.4 Å². The standard InChI is InChI=1S/C17H33N5O6S/c1-9(2)13(17(27)28)22-15(25)11(5-3-4-6-18)20-16(26)12(8-29)21-14(24)10(19)7-23/h9-13,23,29H,3-8,18-19H2,1-2H3,(H,20,26)(H,21,24)(H,22,25)(H,27,28). The van der Waals surface area contributed by atoms with Gasteiger partial charge in [-0.2, -0.15) is 12.6 Å². The molecule has 4 atom stereocenters. The zero-order valence-electron chi connectivity index (χ0n) is 16.8. The molecule has 0 aliphatic rings. The van der Waals surface area contributed by atoms with Crippen molar-refractivity contribution in [3.63, 3.8) is 0 Å². The molecule has 0 heterocycles. The highest BCUT2D eigenvalue weighted by molar-refractivity contribution is 7.80. The number of thiol groups is 1. The fraction of sp³-hybridized carbons (Fsp3) is 0.765. The van der Waals surface area contributed by atoms with E-state index in [9.17, 15) is 24.3 Å². The van der Waals surface area contributed by atoms with Crippen molar-refractivity contribution < 1.29 is 29.4 Å². The average molecular weight is 436 g/mol. The van der Waals surface area contributed by atoms with Gasteiger partial charge in [-0.25, -0.2) is 4.79 Å². The number of carboxylic acid groups (broad SMARTS) is 1. The number of hydrogen-bond acceptors (Lipinski definition) is 8. The maximum atomic E-state index is 12.6. The van der Waals surface area contributed by atoms with Crippen molar-refractivity contribution in [1.29, 1.82) is 0 Å². The normalized spacial score (nSPS) is 15.1. The third-order valence-electron chi connectivity index (χ3n) is 4.16. The summed E-state index contributed by atoms with van der Waals surface area (Å²) in [5.74, 6) is -3.68. The molecule has 0 aliphatic heterocycles. The second kappa shape index (κ2) is 14.1. The van der Waals surface area contributed by atoms with Crippen LogP contribution in [-0.4, -0.2) is 77.0 Å². The third kappa shape index (κ3) is 9.92. The smallest absolute Gasteiger partial charge is 0.326 e. The number of aliphatic carboxylic acids is 1. The number of carbonyl (C=O) groups excluding carboxylic acids is 3. The van der Waals surface area contributed by atoms with E-state index in [1.807, 2.05) is 0 Å². The second-order valence-electron chi connectivity index (χ2n) is 6.95. The van der Waals surface area contributed by atoms with Crippen LogP contribution in [0.15, 0.2) is 0 Å². The maximum absolute atomic E-state index is 12.6. The van der Waals surface area contributed by atoms with Crippen LogP contribution in [0.3, 0.4) is 0 Å². The fourth-order valence-electron chi connectivity index (χ4n) is 2.36. The zero-order chi connectivity index (χ0) is 22.6. The van der Waals surface area contributed by atoms with Crippen LogP contribution in [0, 0.1) is 5.92 Å². The third-order valence-corrected chi connectivity index (χ3v) is 4.52. The molecule has 0 bridgehead atoms. The summed E-state index contributed by atoms with van der Waals surface area (Å²) in [6.07, 6.45) is 1.38. The Morgan fingerprint density at radius 2 is 1.52 bits per heavy atom. The number of hydrogen-bond donors (Lipinski definition) is 8. The minimum absolute atomic E-state index is 0.0728. The van der Waals surface area contributed by atoms with Crippen molar-refractivity contribution in [1.82, 2.24) is 16.0 Å². The highest BCUT2D eigenvalue weighted by Gasteiger charge is 2.30. The summed E-state index contributed by atoms with van der Waals surface area (Å²) in [5, 5.41) is 25.5. The van der Waals surface area contributed by atoms with Gasteiger partial charge in [0.25, 0.3) is 0 Å². The van der Waals surface area contributed by atoms with Gasteiger partial charge < -0.3 is 37.6 Å². The van der Waals surface area contributed by atoms with Gasteiger partial charge in [-0.15, -0.1) is 0 Å². The van der Waals surface area contributed by atoms with Crippen LogP contribution in [-0.2, 0) is 19.2 Å². The number of amides is 3.